The van der Waals surface area contributed by atoms with E-state index in [0.29, 0.717) is 12.5 Å². The molecule has 0 saturated heterocycles. The Bertz CT molecular complexity index is 714. The Kier molecular flexibility index (Phi) is 3.46. The standard InChI is InChI=1S/C16H14N2O2/c1-19-15-10-17-16-13(18-15)8-5-9-14(16)20-11-12-6-3-2-4-7-12/h2-10H,11H2,1H3. The Labute approximate surface area is 117 Å². The molecule has 4 nitrogen and oxygen atoms in total. The molecule has 0 aliphatic carbocycles. The lowest BCUT2D eigenvalue weighted by atomic mass is 10.2. The molecule has 0 amide bonds. The maximum atomic E-state index is 5.84. The monoisotopic (exact) mass is 266 g/mol. The molecule has 3 rings (SSSR count). The largest absolute Gasteiger partial charge is 0.487 e. The number of benzene rings is 2. The number of methoxy groups -OCH3 is 1. The highest BCUT2D eigenvalue weighted by atomic mass is 16.5. The lowest BCUT2D eigenvalue weighted by Crippen LogP contribution is -1.97. The first kappa shape index (κ1) is 12.4. The van der Waals surface area contributed by atoms with E-state index < -0.39 is 0 Å². The summed E-state index contributed by atoms with van der Waals surface area (Å²) >= 11 is 0. The van der Waals surface area contributed by atoms with Crippen molar-refractivity contribution in [2.45, 2.75) is 6.61 Å². The Hall–Kier alpha value is -2.62. The van der Waals surface area contributed by atoms with Crippen LogP contribution >= 0.6 is 0 Å². The maximum absolute atomic E-state index is 5.84. The molecule has 20 heavy (non-hydrogen) atoms. The minimum Gasteiger partial charge on any atom is -0.487 e. The van der Waals surface area contributed by atoms with Gasteiger partial charge in [-0.2, -0.15) is 0 Å². The van der Waals surface area contributed by atoms with Gasteiger partial charge in [-0.15, -0.1) is 0 Å². The van der Waals surface area contributed by atoms with Crippen molar-refractivity contribution in [1.82, 2.24) is 9.97 Å². The SMILES string of the molecule is COc1cnc2c(OCc3ccccc3)cccc2n1. The zero-order valence-electron chi connectivity index (χ0n) is 11.1. The van der Waals surface area contributed by atoms with E-state index in [1.807, 2.05) is 48.5 Å². The minimum absolute atomic E-state index is 0.498. The fraction of sp³-hybridized carbons (Fsp3) is 0.125. The fourth-order valence-corrected chi connectivity index (χ4v) is 1.95. The molecule has 0 aliphatic rings. The summed E-state index contributed by atoms with van der Waals surface area (Å²) in [5.41, 5.74) is 2.62. The van der Waals surface area contributed by atoms with Crippen LogP contribution in [0.1, 0.15) is 5.56 Å². The van der Waals surface area contributed by atoms with Crippen LogP contribution in [0, 0.1) is 0 Å². The average molecular weight is 266 g/mol. The second-order valence-corrected chi connectivity index (χ2v) is 4.31. The van der Waals surface area contributed by atoms with Crippen molar-refractivity contribution in [3.05, 3.63) is 60.3 Å². The summed E-state index contributed by atoms with van der Waals surface area (Å²) in [5.74, 6) is 1.22. The molecule has 1 heterocycles. The highest BCUT2D eigenvalue weighted by molar-refractivity contribution is 5.81. The Morgan fingerprint density at radius 2 is 1.85 bits per heavy atom. The van der Waals surface area contributed by atoms with Gasteiger partial charge in [0.05, 0.1) is 18.8 Å². The predicted octanol–water partition coefficient (Wildman–Crippen LogP) is 3.22. The van der Waals surface area contributed by atoms with Crippen molar-refractivity contribution in [2.75, 3.05) is 7.11 Å². The van der Waals surface area contributed by atoms with Crippen molar-refractivity contribution >= 4 is 11.0 Å². The summed E-state index contributed by atoms with van der Waals surface area (Å²) in [5, 5.41) is 0. The zero-order valence-corrected chi connectivity index (χ0v) is 11.1. The van der Waals surface area contributed by atoms with Gasteiger partial charge in [0.2, 0.25) is 5.88 Å². The summed E-state index contributed by atoms with van der Waals surface area (Å²) in [6, 6.07) is 15.7. The number of ether oxygens (including phenoxy) is 2. The number of aromatic nitrogens is 2. The molecule has 0 fully saturated rings. The van der Waals surface area contributed by atoms with E-state index >= 15 is 0 Å². The first-order valence-electron chi connectivity index (χ1n) is 6.33. The minimum atomic E-state index is 0.498. The third kappa shape index (κ3) is 2.54. The molecular weight excluding hydrogens is 252 g/mol. The molecule has 0 radical (unpaired) electrons. The van der Waals surface area contributed by atoms with Crippen molar-refractivity contribution in [2.24, 2.45) is 0 Å². The highest BCUT2D eigenvalue weighted by Crippen LogP contribution is 2.24. The normalized spacial score (nSPS) is 10.4. The fourth-order valence-electron chi connectivity index (χ4n) is 1.95. The van der Waals surface area contributed by atoms with Crippen LogP contribution in [0.5, 0.6) is 11.6 Å². The summed E-state index contributed by atoms with van der Waals surface area (Å²) in [6.45, 7) is 0.508. The van der Waals surface area contributed by atoms with Gasteiger partial charge in [0.15, 0.2) is 0 Å². The predicted molar refractivity (Wildman–Crippen MR) is 76.9 cm³/mol. The van der Waals surface area contributed by atoms with Gasteiger partial charge in [-0.3, -0.25) is 0 Å². The van der Waals surface area contributed by atoms with Crippen LogP contribution < -0.4 is 9.47 Å². The third-order valence-electron chi connectivity index (χ3n) is 2.96. The molecule has 0 aliphatic heterocycles. The third-order valence-corrected chi connectivity index (χ3v) is 2.96. The second kappa shape index (κ2) is 5.57. The Morgan fingerprint density at radius 1 is 1.00 bits per heavy atom. The number of fused-ring (bicyclic) bond motifs is 1. The van der Waals surface area contributed by atoms with E-state index in [1.54, 1.807) is 13.3 Å². The summed E-state index contributed by atoms with van der Waals surface area (Å²) < 4.78 is 10.9. The molecule has 0 unspecified atom stereocenters. The quantitative estimate of drug-likeness (QED) is 0.727. The first-order valence-corrected chi connectivity index (χ1v) is 6.33. The Morgan fingerprint density at radius 3 is 2.65 bits per heavy atom. The van der Waals surface area contributed by atoms with E-state index in [9.17, 15) is 0 Å². The van der Waals surface area contributed by atoms with Crippen molar-refractivity contribution in [3.63, 3.8) is 0 Å². The van der Waals surface area contributed by atoms with Gasteiger partial charge in [-0.25, -0.2) is 9.97 Å². The number of para-hydroxylation sites is 1. The van der Waals surface area contributed by atoms with Gasteiger partial charge in [0, 0.05) is 0 Å². The zero-order chi connectivity index (χ0) is 13.8. The second-order valence-electron chi connectivity index (χ2n) is 4.31. The van der Waals surface area contributed by atoms with Gasteiger partial charge >= 0.3 is 0 Å². The average Bonchev–Trinajstić information content (AvgIpc) is 2.53. The smallest absolute Gasteiger partial charge is 0.232 e. The molecule has 1 aromatic heterocycles. The van der Waals surface area contributed by atoms with Gasteiger partial charge in [-0.05, 0) is 17.7 Å². The molecular formula is C16H14N2O2. The number of rotatable bonds is 4. The number of hydrogen-bond acceptors (Lipinski definition) is 4. The van der Waals surface area contributed by atoms with E-state index in [2.05, 4.69) is 9.97 Å². The molecule has 100 valence electrons. The summed E-state index contributed by atoms with van der Waals surface area (Å²) in [4.78, 5) is 8.70. The molecule has 2 aromatic carbocycles. The van der Waals surface area contributed by atoms with Crippen molar-refractivity contribution < 1.29 is 9.47 Å². The van der Waals surface area contributed by atoms with Crippen LogP contribution in [-0.4, -0.2) is 17.1 Å². The molecule has 3 aromatic rings. The Balaban J connectivity index is 1.88. The van der Waals surface area contributed by atoms with Crippen LogP contribution in [0.4, 0.5) is 0 Å². The van der Waals surface area contributed by atoms with E-state index in [1.165, 1.54) is 0 Å². The van der Waals surface area contributed by atoms with Crippen LogP contribution in [-0.2, 0) is 6.61 Å². The van der Waals surface area contributed by atoms with Crippen molar-refractivity contribution in [3.8, 4) is 11.6 Å². The highest BCUT2D eigenvalue weighted by Gasteiger charge is 2.06. The number of nitrogens with zero attached hydrogens (tertiary/aromatic N) is 2. The van der Waals surface area contributed by atoms with Gasteiger partial charge in [0.25, 0.3) is 0 Å². The van der Waals surface area contributed by atoms with Crippen LogP contribution in [0.25, 0.3) is 11.0 Å². The van der Waals surface area contributed by atoms with Gasteiger partial charge in [0.1, 0.15) is 17.9 Å². The maximum Gasteiger partial charge on any atom is 0.232 e. The molecule has 4 heteroatoms. The van der Waals surface area contributed by atoms with Gasteiger partial charge in [-0.1, -0.05) is 36.4 Å². The van der Waals surface area contributed by atoms with E-state index in [-0.39, 0.29) is 0 Å². The molecule has 0 N–H and O–H groups in total. The van der Waals surface area contributed by atoms with Crippen LogP contribution in [0.3, 0.4) is 0 Å². The molecule has 0 bridgehead atoms. The number of hydrogen-bond donors (Lipinski definition) is 0. The topological polar surface area (TPSA) is 44.2 Å². The molecule has 0 spiro atoms. The lowest BCUT2D eigenvalue weighted by molar-refractivity contribution is 0.309. The van der Waals surface area contributed by atoms with E-state index in [4.69, 9.17) is 9.47 Å². The van der Waals surface area contributed by atoms with Crippen molar-refractivity contribution in [1.29, 1.82) is 0 Å². The van der Waals surface area contributed by atoms with E-state index in [0.717, 1.165) is 22.3 Å². The lowest BCUT2D eigenvalue weighted by Gasteiger charge is -2.09. The summed E-state index contributed by atoms with van der Waals surface area (Å²) in [7, 11) is 1.58. The molecule has 0 atom stereocenters. The first-order chi connectivity index (χ1) is 9.86. The summed E-state index contributed by atoms with van der Waals surface area (Å²) in [6.07, 6.45) is 1.59. The van der Waals surface area contributed by atoms with Crippen LogP contribution in [0.15, 0.2) is 54.7 Å². The molecule has 0 saturated carbocycles. The van der Waals surface area contributed by atoms with Gasteiger partial charge < -0.3 is 9.47 Å². The van der Waals surface area contributed by atoms with Crippen LogP contribution in [0.2, 0.25) is 0 Å².